The van der Waals surface area contributed by atoms with E-state index in [-0.39, 0.29) is 5.91 Å². The van der Waals surface area contributed by atoms with Crippen LogP contribution in [0.4, 0.5) is 5.69 Å². The fourth-order valence-corrected chi connectivity index (χ4v) is 2.88. The number of thioether (sulfide) groups is 1. The van der Waals surface area contributed by atoms with Gasteiger partial charge in [0.1, 0.15) is 0 Å². The molecule has 0 bridgehead atoms. The van der Waals surface area contributed by atoms with Crippen LogP contribution in [-0.4, -0.2) is 21.8 Å². The SMILES string of the molecule is Cc1noc(-c2ccccc2NC(=O)CSc2ccc(Cl)cc2)n1. The third-order valence-electron chi connectivity index (χ3n) is 3.14. The molecule has 0 aliphatic carbocycles. The van der Waals surface area contributed by atoms with E-state index in [1.54, 1.807) is 25.1 Å². The van der Waals surface area contributed by atoms with Gasteiger partial charge in [0.25, 0.3) is 5.89 Å². The van der Waals surface area contributed by atoms with Gasteiger partial charge in [0.05, 0.1) is 17.0 Å². The monoisotopic (exact) mass is 359 g/mol. The summed E-state index contributed by atoms with van der Waals surface area (Å²) in [5, 5.41) is 7.34. The minimum absolute atomic E-state index is 0.112. The standard InChI is InChI=1S/C17H14ClN3O2S/c1-11-19-17(23-21-11)14-4-2-3-5-15(14)20-16(22)10-24-13-8-6-12(18)7-9-13/h2-9H,10H2,1H3,(H,20,22). The van der Waals surface area contributed by atoms with Crippen molar-refractivity contribution in [2.45, 2.75) is 11.8 Å². The highest BCUT2D eigenvalue weighted by Crippen LogP contribution is 2.27. The predicted molar refractivity (Wildman–Crippen MR) is 95.3 cm³/mol. The van der Waals surface area contributed by atoms with Crippen LogP contribution < -0.4 is 5.32 Å². The van der Waals surface area contributed by atoms with Crippen molar-refractivity contribution in [3.63, 3.8) is 0 Å². The number of aromatic nitrogens is 2. The zero-order valence-electron chi connectivity index (χ0n) is 12.8. The van der Waals surface area contributed by atoms with Crippen LogP contribution in [0.2, 0.25) is 5.02 Å². The molecule has 0 aliphatic rings. The lowest BCUT2D eigenvalue weighted by molar-refractivity contribution is -0.113. The number of para-hydroxylation sites is 1. The molecule has 0 fully saturated rings. The van der Waals surface area contributed by atoms with Gasteiger partial charge in [-0.3, -0.25) is 4.79 Å². The number of nitrogens with one attached hydrogen (secondary N) is 1. The van der Waals surface area contributed by atoms with Gasteiger partial charge in [0.15, 0.2) is 5.82 Å². The molecule has 24 heavy (non-hydrogen) atoms. The molecule has 0 aliphatic heterocycles. The molecule has 1 N–H and O–H groups in total. The Labute approximate surface area is 148 Å². The van der Waals surface area contributed by atoms with Gasteiger partial charge in [-0.05, 0) is 43.3 Å². The summed E-state index contributed by atoms with van der Waals surface area (Å²) in [6.45, 7) is 1.75. The number of hydrogen-bond donors (Lipinski definition) is 1. The van der Waals surface area contributed by atoms with Gasteiger partial charge < -0.3 is 9.84 Å². The van der Waals surface area contributed by atoms with E-state index in [1.807, 2.05) is 30.3 Å². The normalized spacial score (nSPS) is 10.6. The molecule has 1 heterocycles. The minimum Gasteiger partial charge on any atom is -0.334 e. The molecule has 0 saturated heterocycles. The minimum atomic E-state index is -0.112. The predicted octanol–water partition coefficient (Wildman–Crippen LogP) is 4.43. The van der Waals surface area contributed by atoms with Crippen molar-refractivity contribution in [1.29, 1.82) is 0 Å². The van der Waals surface area contributed by atoms with Gasteiger partial charge in [-0.25, -0.2) is 0 Å². The molecule has 5 nitrogen and oxygen atoms in total. The Kier molecular flexibility index (Phi) is 5.17. The molecule has 0 saturated carbocycles. The molecule has 0 radical (unpaired) electrons. The van der Waals surface area contributed by atoms with Crippen LogP contribution in [0.1, 0.15) is 5.82 Å². The van der Waals surface area contributed by atoms with Crippen molar-refractivity contribution in [2.24, 2.45) is 0 Å². The molecule has 0 spiro atoms. The lowest BCUT2D eigenvalue weighted by Crippen LogP contribution is -2.14. The first kappa shape index (κ1) is 16.5. The van der Waals surface area contributed by atoms with E-state index in [0.29, 0.717) is 33.7 Å². The number of rotatable bonds is 5. The number of hydrogen-bond acceptors (Lipinski definition) is 5. The molecule has 7 heteroatoms. The van der Waals surface area contributed by atoms with Crippen molar-refractivity contribution >= 4 is 35.0 Å². The van der Waals surface area contributed by atoms with E-state index in [2.05, 4.69) is 15.5 Å². The second kappa shape index (κ2) is 7.51. The Morgan fingerprint density at radius 3 is 2.67 bits per heavy atom. The van der Waals surface area contributed by atoms with Gasteiger partial charge in [0, 0.05) is 9.92 Å². The van der Waals surface area contributed by atoms with Gasteiger partial charge in [-0.1, -0.05) is 28.9 Å². The topological polar surface area (TPSA) is 68.0 Å². The number of halogens is 1. The van der Waals surface area contributed by atoms with Crippen LogP contribution in [-0.2, 0) is 4.79 Å². The molecule has 1 amide bonds. The van der Waals surface area contributed by atoms with E-state index in [1.165, 1.54) is 11.8 Å². The number of aryl methyl sites for hydroxylation is 1. The Hall–Kier alpha value is -2.31. The molecule has 3 rings (SSSR count). The number of carbonyl (C=O) groups is 1. The van der Waals surface area contributed by atoms with Crippen LogP contribution in [0.25, 0.3) is 11.5 Å². The van der Waals surface area contributed by atoms with Crippen molar-refractivity contribution in [2.75, 3.05) is 11.1 Å². The van der Waals surface area contributed by atoms with E-state index in [0.717, 1.165) is 4.90 Å². The van der Waals surface area contributed by atoms with Crippen LogP contribution in [0.15, 0.2) is 57.9 Å². The van der Waals surface area contributed by atoms with Gasteiger partial charge in [-0.15, -0.1) is 11.8 Å². The second-order valence-electron chi connectivity index (χ2n) is 4.98. The van der Waals surface area contributed by atoms with Crippen molar-refractivity contribution in [3.05, 3.63) is 59.4 Å². The summed E-state index contributed by atoms with van der Waals surface area (Å²) in [5.41, 5.74) is 1.34. The number of nitrogens with zero attached hydrogens (tertiary/aromatic N) is 2. The smallest absolute Gasteiger partial charge is 0.260 e. The first-order valence-corrected chi connectivity index (χ1v) is 8.56. The van der Waals surface area contributed by atoms with Gasteiger partial charge >= 0.3 is 0 Å². The Balaban J connectivity index is 1.67. The average Bonchev–Trinajstić information content (AvgIpc) is 3.01. The van der Waals surface area contributed by atoms with Gasteiger partial charge in [-0.2, -0.15) is 4.98 Å². The third kappa shape index (κ3) is 4.15. The first-order valence-electron chi connectivity index (χ1n) is 7.20. The summed E-state index contributed by atoms with van der Waals surface area (Å²) in [7, 11) is 0. The fraction of sp³-hybridized carbons (Fsp3) is 0.118. The maximum absolute atomic E-state index is 12.2. The summed E-state index contributed by atoms with van der Waals surface area (Å²) in [4.78, 5) is 17.4. The maximum atomic E-state index is 12.2. The Bertz CT molecular complexity index is 849. The van der Waals surface area contributed by atoms with Crippen LogP contribution in [0.5, 0.6) is 0 Å². The van der Waals surface area contributed by atoms with Crippen molar-refractivity contribution < 1.29 is 9.32 Å². The summed E-state index contributed by atoms with van der Waals surface area (Å²) < 4.78 is 5.18. The molecule has 3 aromatic rings. The molecule has 0 atom stereocenters. The Morgan fingerprint density at radius 1 is 1.21 bits per heavy atom. The molecular formula is C17H14ClN3O2S. The number of amides is 1. The summed E-state index contributed by atoms with van der Waals surface area (Å²) >= 11 is 7.29. The average molecular weight is 360 g/mol. The molecule has 2 aromatic carbocycles. The van der Waals surface area contributed by atoms with Crippen LogP contribution in [0, 0.1) is 6.92 Å². The first-order chi connectivity index (χ1) is 11.6. The zero-order chi connectivity index (χ0) is 16.9. The molecule has 0 unspecified atom stereocenters. The van der Waals surface area contributed by atoms with Gasteiger partial charge in [0.2, 0.25) is 5.91 Å². The summed E-state index contributed by atoms with van der Waals surface area (Å²) in [6, 6.07) is 14.7. The Morgan fingerprint density at radius 2 is 1.96 bits per heavy atom. The number of benzene rings is 2. The number of carbonyl (C=O) groups excluding carboxylic acids is 1. The lowest BCUT2D eigenvalue weighted by atomic mass is 10.2. The van der Waals surface area contributed by atoms with Crippen LogP contribution >= 0.6 is 23.4 Å². The fourth-order valence-electron chi connectivity index (χ4n) is 2.05. The zero-order valence-corrected chi connectivity index (χ0v) is 14.4. The molecule has 1 aromatic heterocycles. The maximum Gasteiger partial charge on any atom is 0.260 e. The highest BCUT2D eigenvalue weighted by Gasteiger charge is 2.13. The largest absolute Gasteiger partial charge is 0.334 e. The van der Waals surface area contributed by atoms with E-state index >= 15 is 0 Å². The third-order valence-corrected chi connectivity index (χ3v) is 4.41. The summed E-state index contributed by atoms with van der Waals surface area (Å²) in [6.07, 6.45) is 0. The molecular weight excluding hydrogens is 346 g/mol. The number of anilines is 1. The quantitative estimate of drug-likeness (QED) is 0.682. The molecule has 122 valence electrons. The van der Waals surface area contributed by atoms with Crippen LogP contribution in [0.3, 0.4) is 0 Å². The second-order valence-corrected chi connectivity index (χ2v) is 6.47. The van der Waals surface area contributed by atoms with Crippen molar-refractivity contribution in [1.82, 2.24) is 10.1 Å². The van der Waals surface area contributed by atoms with Crippen molar-refractivity contribution in [3.8, 4) is 11.5 Å². The van der Waals surface area contributed by atoms with E-state index < -0.39 is 0 Å². The van der Waals surface area contributed by atoms with E-state index in [9.17, 15) is 4.79 Å². The lowest BCUT2D eigenvalue weighted by Gasteiger charge is -2.08. The summed E-state index contributed by atoms with van der Waals surface area (Å²) in [5.74, 6) is 1.11. The highest BCUT2D eigenvalue weighted by molar-refractivity contribution is 8.00. The highest BCUT2D eigenvalue weighted by atomic mass is 35.5. The van der Waals surface area contributed by atoms with E-state index in [4.69, 9.17) is 16.1 Å².